The Balaban J connectivity index is 2.71. The number of hydrogen-bond acceptors (Lipinski definition) is 2. The summed E-state index contributed by atoms with van der Waals surface area (Å²) in [4.78, 5) is 11.9. The minimum Gasteiger partial charge on any atom is -0.388 e. The Labute approximate surface area is 115 Å². The number of rotatable bonds is 4. The molecule has 0 spiro atoms. The number of aliphatic hydroxyl groups is 1. The average Bonchev–Trinajstić information content (AvgIpc) is 2.24. The van der Waals surface area contributed by atoms with E-state index in [0.29, 0.717) is 0 Å². The maximum Gasteiger partial charge on any atom is 0.244 e. The summed E-state index contributed by atoms with van der Waals surface area (Å²) >= 11 is 0. The van der Waals surface area contributed by atoms with E-state index in [1.54, 1.807) is 33.8 Å². The molecule has 3 heteroatoms. The fourth-order valence-corrected chi connectivity index (χ4v) is 1.45. The average molecular weight is 261 g/mol. The number of carbonyl (C=O) groups excluding carboxylic acids is 1. The van der Waals surface area contributed by atoms with Gasteiger partial charge < -0.3 is 10.4 Å². The molecule has 1 amide bonds. The van der Waals surface area contributed by atoms with Crippen molar-refractivity contribution in [3.05, 3.63) is 41.5 Å². The van der Waals surface area contributed by atoms with E-state index in [9.17, 15) is 9.90 Å². The van der Waals surface area contributed by atoms with Gasteiger partial charge in [-0.3, -0.25) is 4.79 Å². The molecule has 19 heavy (non-hydrogen) atoms. The SMILES string of the molecule is Cc1cccc(/C=C/C(=O)NC(C)(C)C(C)(C)O)c1. The second-order valence-electron chi connectivity index (χ2n) is 5.92. The molecule has 104 valence electrons. The lowest BCUT2D eigenvalue weighted by Crippen LogP contribution is -2.57. The van der Waals surface area contributed by atoms with Crippen molar-refractivity contribution in [2.45, 2.75) is 45.8 Å². The molecule has 1 rings (SSSR count). The van der Waals surface area contributed by atoms with Crippen LogP contribution in [0.3, 0.4) is 0 Å². The lowest BCUT2D eigenvalue weighted by Gasteiger charge is -2.37. The van der Waals surface area contributed by atoms with Gasteiger partial charge >= 0.3 is 0 Å². The molecule has 0 saturated carbocycles. The normalized spacial score (nSPS) is 12.7. The highest BCUT2D eigenvalue weighted by molar-refractivity contribution is 5.92. The summed E-state index contributed by atoms with van der Waals surface area (Å²) in [6, 6.07) is 7.91. The van der Waals surface area contributed by atoms with E-state index < -0.39 is 11.1 Å². The van der Waals surface area contributed by atoms with Crippen molar-refractivity contribution in [1.82, 2.24) is 5.32 Å². The van der Waals surface area contributed by atoms with Gasteiger partial charge in [0.25, 0.3) is 0 Å². The van der Waals surface area contributed by atoms with Crippen LogP contribution in [0.25, 0.3) is 6.08 Å². The van der Waals surface area contributed by atoms with Gasteiger partial charge in [0, 0.05) is 6.08 Å². The van der Waals surface area contributed by atoms with Gasteiger partial charge in [-0.05, 0) is 46.3 Å². The summed E-state index contributed by atoms with van der Waals surface area (Å²) in [7, 11) is 0. The standard InChI is InChI=1S/C16H23NO2/c1-12-7-6-8-13(11-12)9-10-14(18)17-15(2,3)16(4,5)19/h6-11,19H,1-5H3,(H,17,18)/b10-9+. The number of amides is 1. The predicted molar refractivity (Wildman–Crippen MR) is 78.7 cm³/mol. The van der Waals surface area contributed by atoms with E-state index >= 15 is 0 Å². The number of benzene rings is 1. The first-order valence-electron chi connectivity index (χ1n) is 6.41. The molecule has 0 saturated heterocycles. The Hall–Kier alpha value is -1.61. The Morgan fingerprint density at radius 1 is 1.26 bits per heavy atom. The molecule has 0 fully saturated rings. The second kappa shape index (κ2) is 5.57. The van der Waals surface area contributed by atoms with Crippen LogP contribution in [-0.4, -0.2) is 22.2 Å². The van der Waals surface area contributed by atoms with Gasteiger partial charge in [0.05, 0.1) is 11.1 Å². The van der Waals surface area contributed by atoms with Crippen LogP contribution in [-0.2, 0) is 4.79 Å². The number of nitrogens with one attached hydrogen (secondary N) is 1. The van der Waals surface area contributed by atoms with Crippen LogP contribution in [0.4, 0.5) is 0 Å². The fourth-order valence-electron chi connectivity index (χ4n) is 1.45. The van der Waals surface area contributed by atoms with Crippen LogP contribution in [0.5, 0.6) is 0 Å². The van der Waals surface area contributed by atoms with E-state index in [0.717, 1.165) is 11.1 Å². The van der Waals surface area contributed by atoms with E-state index in [2.05, 4.69) is 5.32 Å². The van der Waals surface area contributed by atoms with Crippen molar-refractivity contribution < 1.29 is 9.90 Å². The number of hydrogen-bond donors (Lipinski definition) is 2. The molecule has 0 unspecified atom stereocenters. The van der Waals surface area contributed by atoms with Crippen LogP contribution >= 0.6 is 0 Å². The van der Waals surface area contributed by atoms with E-state index in [4.69, 9.17) is 0 Å². The van der Waals surface area contributed by atoms with Gasteiger partial charge in [-0.1, -0.05) is 29.8 Å². The molecule has 1 aromatic rings. The molecule has 1 aromatic carbocycles. The molecular formula is C16H23NO2. The van der Waals surface area contributed by atoms with Crippen molar-refractivity contribution in [2.75, 3.05) is 0 Å². The maximum atomic E-state index is 11.9. The molecule has 0 aliphatic heterocycles. The first-order valence-corrected chi connectivity index (χ1v) is 6.41. The third-order valence-electron chi connectivity index (χ3n) is 3.43. The minimum atomic E-state index is -0.986. The zero-order valence-corrected chi connectivity index (χ0v) is 12.3. The van der Waals surface area contributed by atoms with Crippen molar-refractivity contribution >= 4 is 12.0 Å². The Bertz CT molecular complexity index is 482. The van der Waals surface area contributed by atoms with Crippen molar-refractivity contribution in [2.24, 2.45) is 0 Å². The van der Waals surface area contributed by atoms with Crippen LogP contribution in [0, 0.1) is 6.92 Å². The molecule has 2 N–H and O–H groups in total. The Kier molecular flexibility index (Phi) is 4.53. The zero-order valence-electron chi connectivity index (χ0n) is 12.3. The van der Waals surface area contributed by atoms with Gasteiger partial charge in [-0.2, -0.15) is 0 Å². The van der Waals surface area contributed by atoms with Crippen LogP contribution in [0.15, 0.2) is 30.3 Å². The molecule has 0 aliphatic rings. The molecule has 0 bridgehead atoms. The van der Waals surface area contributed by atoms with Crippen LogP contribution in [0.1, 0.15) is 38.8 Å². The quantitative estimate of drug-likeness (QED) is 0.819. The molecule has 0 aliphatic carbocycles. The fraction of sp³-hybridized carbons (Fsp3) is 0.438. The number of carbonyl (C=O) groups is 1. The van der Waals surface area contributed by atoms with Crippen LogP contribution in [0.2, 0.25) is 0 Å². The lowest BCUT2D eigenvalue weighted by molar-refractivity contribution is -0.121. The second-order valence-corrected chi connectivity index (χ2v) is 5.92. The number of aryl methyl sites for hydroxylation is 1. The summed E-state index contributed by atoms with van der Waals surface area (Å²) in [5.41, 5.74) is 0.455. The summed E-state index contributed by atoms with van der Waals surface area (Å²) in [5.74, 6) is -0.214. The summed E-state index contributed by atoms with van der Waals surface area (Å²) in [5, 5.41) is 12.8. The van der Waals surface area contributed by atoms with E-state index in [1.807, 2.05) is 31.2 Å². The van der Waals surface area contributed by atoms with Crippen molar-refractivity contribution in [3.8, 4) is 0 Å². The van der Waals surface area contributed by atoms with E-state index in [1.165, 1.54) is 6.08 Å². The molecule has 3 nitrogen and oxygen atoms in total. The summed E-state index contributed by atoms with van der Waals surface area (Å²) in [6.45, 7) is 8.96. The first-order chi connectivity index (χ1) is 8.62. The maximum absolute atomic E-state index is 11.9. The highest BCUT2D eigenvalue weighted by atomic mass is 16.3. The Morgan fingerprint density at radius 2 is 1.89 bits per heavy atom. The zero-order chi connectivity index (χ0) is 14.7. The van der Waals surface area contributed by atoms with Gasteiger partial charge in [0.15, 0.2) is 0 Å². The molecule has 0 aromatic heterocycles. The largest absolute Gasteiger partial charge is 0.388 e. The van der Waals surface area contributed by atoms with Crippen LogP contribution < -0.4 is 5.32 Å². The summed E-state index contributed by atoms with van der Waals surface area (Å²) in [6.07, 6.45) is 3.26. The van der Waals surface area contributed by atoms with Gasteiger partial charge in [0.1, 0.15) is 0 Å². The van der Waals surface area contributed by atoms with Crippen molar-refractivity contribution in [1.29, 1.82) is 0 Å². The Morgan fingerprint density at radius 3 is 2.42 bits per heavy atom. The monoisotopic (exact) mass is 261 g/mol. The smallest absolute Gasteiger partial charge is 0.244 e. The molecule has 0 atom stereocenters. The topological polar surface area (TPSA) is 49.3 Å². The van der Waals surface area contributed by atoms with Crippen molar-refractivity contribution in [3.63, 3.8) is 0 Å². The van der Waals surface area contributed by atoms with Gasteiger partial charge in [-0.15, -0.1) is 0 Å². The predicted octanol–water partition coefficient (Wildman–Crippen LogP) is 2.67. The van der Waals surface area contributed by atoms with Gasteiger partial charge in [-0.25, -0.2) is 0 Å². The third-order valence-corrected chi connectivity index (χ3v) is 3.43. The van der Waals surface area contributed by atoms with Gasteiger partial charge in [0.2, 0.25) is 5.91 Å². The minimum absolute atomic E-state index is 0.214. The molecular weight excluding hydrogens is 238 g/mol. The highest BCUT2D eigenvalue weighted by Crippen LogP contribution is 2.20. The highest BCUT2D eigenvalue weighted by Gasteiger charge is 2.35. The third kappa shape index (κ3) is 4.52. The molecule has 0 radical (unpaired) electrons. The molecule has 0 heterocycles. The summed E-state index contributed by atoms with van der Waals surface area (Å²) < 4.78 is 0. The lowest BCUT2D eigenvalue weighted by atomic mass is 9.86. The van der Waals surface area contributed by atoms with E-state index in [-0.39, 0.29) is 5.91 Å². The first kappa shape index (κ1) is 15.4.